The number of ketones is 1. The summed E-state index contributed by atoms with van der Waals surface area (Å²) in [6, 6.07) is 0. The molecule has 0 aliphatic rings. The summed E-state index contributed by atoms with van der Waals surface area (Å²) in [6.45, 7) is 4.96. The number of aromatic amines is 1. The lowest BCUT2D eigenvalue weighted by Gasteiger charge is -2.12. The lowest BCUT2D eigenvalue weighted by atomic mass is 9.91. The van der Waals surface area contributed by atoms with Crippen LogP contribution in [0.15, 0.2) is 4.79 Å². The van der Waals surface area contributed by atoms with Gasteiger partial charge in [-0.2, -0.15) is 0 Å². The normalized spacial score (nSPS) is 13.6. The first-order valence-electron chi connectivity index (χ1n) is 6.92. The van der Waals surface area contributed by atoms with Gasteiger partial charge in [0.1, 0.15) is 0 Å². The van der Waals surface area contributed by atoms with Crippen molar-refractivity contribution in [3.63, 3.8) is 0 Å². The summed E-state index contributed by atoms with van der Waals surface area (Å²) in [5, 5.41) is 0. The van der Waals surface area contributed by atoms with Crippen LogP contribution in [-0.2, 0) is 4.79 Å². The lowest BCUT2D eigenvalue weighted by molar-refractivity contribution is -0.119. The molecule has 1 aromatic carbocycles. The summed E-state index contributed by atoms with van der Waals surface area (Å²) in [5.74, 6) is -10.9. The maximum atomic E-state index is 13.7. The smallest absolute Gasteiger partial charge is 0.266 e. The first-order chi connectivity index (χ1) is 11.4. The van der Waals surface area contributed by atoms with E-state index >= 15 is 0 Å². The standard InChI is InChI=1S/C16H12F5NO2S/c1-16(2,3)8(23)5-9-22-15(24)7(25-9)4-6-10(17)12(19)14(21)13(20)11(6)18/h4-5H,1-3H3,(H,22,24). The Morgan fingerprint density at radius 3 is 1.92 bits per heavy atom. The van der Waals surface area contributed by atoms with Gasteiger partial charge in [-0.25, -0.2) is 22.0 Å². The number of nitrogens with one attached hydrogen (secondary N) is 1. The molecule has 2 rings (SSSR count). The lowest BCUT2D eigenvalue weighted by Crippen LogP contribution is -2.22. The zero-order chi connectivity index (χ0) is 19.1. The molecule has 0 amide bonds. The summed E-state index contributed by atoms with van der Waals surface area (Å²) < 4.78 is 66.6. The molecule has 9 heteroatoms. The van der Waals surface area contributed by atoms with Gasteiger partial charge in [0.2, 0.25) is 5.82 Å². The van der Waals surface area contributed by atoms with Gasteiger partial charge in [-0.3, -0.25) is 9.59 Å². The first kappa shape index (κ1) is 19.0. The topological polar surface area (TPSA) is 49.9 Å². The third kappa shape index (κ3) is 3.71. The highest BCUT2D eigenvalue weighted by atomic mass is 32.1. The monoisotopic (exact) mass is 377 g/mol. The molecule has 0 atom stereocenters. The summed E-state index contributed by atoms with van der Waals surface area (Å²) in [6.07, 6.45) is 1.70. The van der Waals surface area contributed by atoms with E-state index in [1.807, 2.05) is 0 Å². The molecule has 134 valence electrons. The molecule has 3 nitrogen and oxygen atoms in total. The molecule has 2 aromatic rings. The van der Waals surface area contributed by atoms with Crippen molar-refractivity contribution in [1.29, 1.82) is 0 Å². The highest BCUT2D eigenvalue weighted by Gasteiger charge is 2.24. The molecular weight excluding hydrogens is 365 g/mol. The zero-order valence-electron chi connectivity index (χ0n) is 13.3. The summed E-state index contributed by atoms with van der Waals surface area (Å²) in [5.41, 5.74) is -2.76. The number of halogens is 5. The average Bonchev–Trinajstić information content (AvgIpc) is 2.86. The number of rotatable bonds is 2. The maximum absolute atomic E-state index is 13.7. The second kappa shape index (κ2) is 6.55. The van der Waals surface area contributed by atoms with Crippen LogP contribution < -0.4 is 14.8 Å². The summed E-state index contributed by atoms with van der Waals surface area (Å²) >= 11 is 0.660. The highest BCUT2D eigenvalue weighted by Crippen LogP contribution is 2.23. The van der Waals surface area contributed by atoms with Crippen LogP contribution >= 0.6 is 11.3 Å². The Morgan fingerprint density at radius 2 is 1.44 bits per heavy atom. The number of carbonyl (C=O) groups excluding carboxylic acids is 1. The van der Waals surface area contributed by atoms with Crippen LogP contribution in [0.1, 0.15) is 26.3 Å². The molecular formula is C16H12F5NO2S. The Balaban J connectivity index is 2.69. The third-order valence-corrected chi connectivity index (χ3v) is 4.16. The van der Waals surface area contributed by atoms with E-state index in [1.165, 1.54) is 0 Å². The number of carbonyl (C=O) groups is 1. The van der Waals surface area contributed by atoms with Crippen molar-refractivity contribution in [1.82, 2.24) is 4.98 Å². The van der Waals surface area contributed by atoms with E-state index in [0.717, 1.165) is 6.08 Å². The minimum Gasteiger partial charge on any atom is -0.313 e. The Labute approximate surface area is 142 Å². The molecule has 0 fully saturated rings. The highest BCUT2D eigenvalue weighted by molar-refractivity contribution is 7.07. The van der Waals surface area contributed by atoms with Gasteiger partial charge in [-0.15, -0.1) is 11.3 Å². The van der Waals surface area contributed by atoms with E-state index in [4.69, 9.17) is 0 Å². The molecule has 0 aliphatic heterocycles. The predicted octanol–water partition coefficient (Wildman–Crippen LogP) is 2.36. The number of thiazole rings is 1. The second-order valence-electron chi connectivity index (χ2n) is 6.17. The van der Waals surface area contributed by atoms with Gasteiger partial charge in [0, 0.05) is 11.5 Å². The van der Waals surface area contributed by atoms with E-state index in [1.54, 1.807) is 20.8 Å². The van der Waals surface area contributed by atoms with Crippen molar-refractivity contribution in [3.8, 4) is 0 Å². The van der Waals surface area contributed by atoms with Crippen LogP contribution in [0.2, 0.25) is 0 Å². The van der Waals surface area contributed by atoms with E-state index in [-0.39, 0.29) is 15.0 Å². The minimum atomic E-state index is -2.28. The number of Topliss-reactive ketones (excluding diaryl/α,β-unsaturated/α-hetero) is 1. The second-order valence-corrected chi connectivity index (χ2v) is 7.25. The Bertz CT molecular complexity index is 1000. The van der Waals surface area contributed by atoms with Crippen molar-refractivity contribution in [3.05, 3.63) is 54.2 Å². The van der Waals surface area contributed by atoms with Crippen LogP contribution in [0.25, 0.3) is 12.2 Å². The molecule has 25 heavy (non-hydrogen) atoms. The Kier molecular flexibility index (Phi) is 4.99. The molecule has 1 N–H and O–H groups in total. The maximum Gasteiger partial charge on any atom is 0.266 e. The molecule has 0 aliphatic carbocycles. The quantitative estimate of drug-likeness (QED) is 0.496. The molecule has 0 unspecified atom stereocenters. The van der Waals surface area contributed by atoms with Crippen LogP contribution in [0.4, 0.5) is 22.0 Å². The first-order valence-corrected chi connectivity index (χ1v) is 7.73. The fraction of sp³-hybridized carbons (Fsp3) is 0.250. The third-order valence-electron chi connectivity index (χ3n) is 3.20. The SMILES string of the molecule is CC(C)(C)C(=O)C=c1[nH]c(=O)c(=Cc2c(F)c(F)c(F)c(F)c2F)s1. The van der Waals surface area contributed by atoms with Crippen molar-refractivity contribution >= 4 is 29.3 Å². The van der Waals surface area contributed by atoms with Gasteiger partial charge >= 0.3 is 0 Å². The molecule has 0 bridgehead atoms. The van der Waals surface area contributed by atoms with Gasteiger partial charge in [0.25, 0.3) is 5.56 Å². The van der Waals surface area contributed by atoms with Crippen LogP contribution in [0.3, 0.4) is 0 Å². The van der Waals surface area contributed by atoms with E-state index in [0.29, 0.717) is 17.4 Å². The number of aromatic nitrogens is 1. The Hall–Kier alpha value is -2.29. The summed E-state index contributed by atoms with van der Waals surface area (Å²) in [4.78, 5) is 26.0. The van der Waals surface area contributed by atoms with Gasteiger partial charge in [0.05, 0.1) is 14.8 Å². The average molecular weight is 377 g/mol. The van der Waals surface area contributed by atoms with Crippen LogP contribution in [0, 0.1) is 34.5 Å². The van der Waals surface area contributed by atoms with Gasteiger partial charge in [-0.1, -0.05) is 20.8 Å². The molecule has 1 heterocycles. The predicted molar refractivity (Wildman–Crippen MR) is 82.9 cm³/mol. The summed E-state index contributed by atoms with van der Waals surface area (Å²) in [7, 11) is 0. The molecule has 0 saturated heterocycles. The van der Waals surface area contributed by atoms with Crippen molar-refractivity contribution < 1.29 is 26.7 Å². The van der Waals surface area contributed by atoms with Crippen molar-refractivity contribution in [2.75, 3.05) is 0 Å². The largest absolute Gasteiger partial charge is 0.313 e. The molecule has 1 aromatic heterocycles. The number of H-pyrrole nitrogens is 1. The molecule has 0 saturated carbocycles. The van der Waals surface area contributed by atoms with Gasteiger partial charge < -0.3 is 4.98 Å². The van der Waals surface area contributed by atoms with Crippen molar-refractivity contribution in [2.45, 2.75) is 20.8 Å². The zero-order valence-corrected chi connectivity index (χ0v) is 14.1. The van der Waals surface area contributed by atoms with Gasteiger partial charge in [0.15, 0.2) is 29.1 Å². The molecule has 0 spiro atoms. The minimum absolute atomic E-state index is 0.0973. The van der Waals surface area contributed by atoms with Gasteiger partial charge in [-0.05, 0) is 6.08 Å². The van der Waals surface area contributed by atoms with Crippen LogP contribution in [-0.4, -0.2) is 10.8 Å². The number of hydrogen-bond donors (Lipinski definition) is 1. The molecule has 0 radical (unpaired) electrons. The number of benzene rings is 1. The van der Waals surface area contributed by atoms with E-state index < -0.39 is 45.6 Å². The van der Waals surface area contributed by atoms with Crippen LogP contribution in [0.5, 0.6) is 0 Å². The Morgan fingerprint density at radius 1 is 0.960 bits per heavy atom. The number of hydrogen-bond acceptors (Lipinski definition) is 3. The van der Waals surface area contributed by atoms with Crippen molar-refractivity contribution in [2.24, 2.45) is 5.41 Å². The van der Waals surface area contributed by atoms with E-state index in [9.17, 15) is 31.5 Å². The fourth-order valence-electron chi connectivity index (χ4n) is 1.74. The van der Waals surface area contributed by atoms with E-state index in [2.05, 4.69) is 4.98 Å². The fourth-order valence-corrected chi connectivity index (χ4v) is 2.61.